The van der Waals surface area contributed by atoms with Crippen molar-refractivity contribution < 1.29 is 9.90 Å². The van der Waals surface area contributed by atoms with Crippen molar-refractivity contribution in [2.24, 2.45) is 5.10 Å². The number of hydrazone groups is 1. The zero-order chi connectivity index (χ0) is 14.9. The highest BCUT2D eigenvalue weighted by atomic mass is 16.3. The molecule has 0 spiro atoms. The summed E-state index contributed by atoms with van der Waals surface area (Å²) >= 11 is 0. The van der Waals surface area contributed by atoms with Crippen LogP contribution >= 0.6 is 0 Å². The fourth-order valence-electron chi connectivity index (χ4n) is 1.92. The van der Waals surface area contributed by atoms with Crippen molar-refractivity contribution in [3.63, 3.8) is 0 Å². The van der Waals surface area contributed by atoms with Crippen LogP contribution in [0.15, 0.2) is 59.7 Å². The lowest BCUT2D eigenvalue weighted by molar-refractivity contribution is -0.121. The third-order valence-electron chi connectivity index (χ3n) is 3.04. The third-order valence-corrected chi connectivity index (χ3v) is 3.04. The number of phenols is 1. The molecule has 2 aromatic carbocycles. The van der Waals surface area contributed by atoms with E-state index >= 15 is 0 Å². The fraction of sp³-hybridized carbons (Fsp3) is 0.176. The Morgan fingerprint density at radius 3 is 2.57 bits per heavy atom. The highest BCUT2D eigenvalue weighted by molar-refractivity contribution is 5.84. The van der Waals surface area contributed by atoms with Crippen molar-refractivity contribution in [2.45, 2.75) is 19.3 Å². The monoisotopic (exact) mass is 282 g/mol. The minimum absolute atomic E-state index is 0.127. The molecule has 0 atom stereocenters. The van der Waals surface area contributed by atoms with Crippen molar-refractivity contribution in [1.82, 2.24) is 5.43 Å². The molecule has 2 rings (SSSR count). The molecule has 0 aliphatic carbocycles. The Morgan fingerprint density at radius 2 is 1.81 bits per heavy atom. The quantitative estimate of drug-likeness (QED) is 0.632. The number of carbonyl (C=O) groups is 1. The van der Waals surface area contributed by atoms with Crippen molar-refractivity contribution >= 4 is 12.1 Å². The van der Waals surface area contributed by atoms with Crippen LogP contribution in [0.5, 0.6) is 5.75 Å². The van der Waals surface area contributed by atoms with Crippen LogP contribution in [0.3, 0.4) is 0 Å². The Balaban J connectivity index is 1.71. The molecule has 21 heavy (non-hydrogen) atoms. The number of amides is 1. The van der Waals surface area contributed by atoms with Crippen LogP contribution in [0, 0.1) is 0 Å². The summed E-state index contributed by atoms with van der Waals surface area (Å²) in [6.45, 7) is 0. The first-order valence-corrected chi connectivity index (χ1v) is 6.89. The smallest absolute Gasteiger partial charge is 0.240 e. The van der Waals surface area contributed by atoms with E-state index in [0.717, 1.165) is 12.8 Å². The molecular weight excluding hydrogens is 264 g/mol. The van der Waals surface area contributed by atoms with Crippen LogP contribution in [0.4, 0.5) is 0 Å². The van der Waals surface area contributed by atoms with Gasteiger partial charge in [0, 0.05) is 12.0 Å². The Labute approximate surface area is 124 Å². The number of nitrogens with one attached hydrogen (secondary N) is 1. The fourth-order valence-corrected chi connectivity index (χ4v) is 1.92. The van der Waals surface area contributed by atoms with Gasteiger partial charge in [-0.3, -0.25) is 4.79 Å². The first-order valence-electron chi connectivity index (χ1n) is 6.89. The lowest BCUT2D eigenvalue weighted by Crippen LogP contribution is -2.17. The first kappa shape index (κ1) is 14.8. The Hall–Kier alpha value is -2.62. The van der Waals surface area contributed by atoms with Gasteiger partial charge in [-0.05, 0) is 30.5 Å². The van der Waals surface area contributed by atoms with Crippen molar-refractivity contribution in [2.75, 3.05) is 0 Å². The molecule has 0 saturated heterocycles. The standard InChI is InChI=1S/C17H18N2O2/c20-16-11-5-4-10-15(16)13-18-19-17(21)12-6-9-14-7-2-1-3-8-14/h1-5,7-8,10-11,13,20H,6,9,12H2,(H,19,21)/b18-13-. The van der Waals surface area contributed by atoms with E-state index < -0.39 is 0 Å². The van der Waals surface area contributed by atoms with Crippen molar-refractivity contribution in [1.29, 1.82) is 0 Å². The van der Waals surface area contributed by atoms with Crippen LogP contribution in [-0.2, 0) is 11.2 Å². The predicted octanol–water partition coefficient (Wildman–Crippen LogP) is 2.87. The zero-order valence-electron chi connectivity index (χ0n) is 11.7. The molecule has 0 unspecified atom stereocenters. The summed E-state index contributed by atoms with van der Waals surface area (Å²) in [6, 6.07) is 16.9. The average molecular weight is 282 g/mol. The van der Waals surface area contributed by atoms with Gasteiger partial charge in [0.1, 0.15) is 5.75 Å². The molecule has 0 bridgehead atoms. The lowest BCUT2D eigenvalue weighted by atomic mass is 10.1. The minimum Gasteiger partial charge on any atom is -0.507 e. The van der Waals surface area contributed by atoms with Gasteiger partial charge in [0.15, 0.2) is 0 Å². The minimum atomic E-state index is -0.127. The SMILES string of the molecule is O=C(CCCc1ccccc1)N/N=C\c1ccccc1O. The molecule has 0 aromatic heterocycles. The number of benzene rings is 2. The maximum atomic E-state index is 11.6. The number of phenolic OH excluding ortho intramolecular Hbond substituents is 1. The van der Waals surface area contributed by atoms with E-state index in [-0.39, 0.29) is 11.7 Å². The van der Waals surface area contributed by atoms with Crippen molar-refractivity contribution in [3.05, 3.63) is 65.7 Å². The number of aryl methyl sites for hydroxylation is 1. The van der Waals surface area contributed by atoms with Crippen LogP contribution < -0.4 is 5.43 Å². The van der Waals surface area contributed by atoms with Crippen LogP contribution in [-0.4, -0.2) is 17.2 Å². The van der Waals surface area contributed by atoms with Crippen LogP contribution in [0.25, 0.3) is 0 Å². The summed E-state index contributed by atoms with van der Waals surface area (Å²) in [5, 5.41) is 13.4. The van der Waals surface area contributed by atoms with Gasteiger partial charge in [-0.25, -0.2) is 5.43 Å². The summed E-state index contributed by atoms with van der Waals surface area (Å²) in [5.74, 6) is 0.0113. The van der Waals surface area contributed by atoms with Gasteiger partial charge in [0.2, 0.25) is 5.91 Å². The summed E-state index contributed by atoms with van der Waals surface area (Å²) in [5.41, 5.74) is 4.26. The van der Waals surface area contributed by atoms with Crippen LogP contribution in [0.1, 0.15) is 24.0 Å². The molecule has 0 radical (unpaired) electrons. The first-order chi connectivity index (χ1) is 10.3. The Morgan fingerprint density at radius 1 is 1.10 bits per heavy atom. The molecule has 0 aliphatic rings. The number of nitrogens with zero attached hydrogens (tertiary/aromatic N) is 1. The van der Waals surface area contributed by atoms with Crippen molar-refractivity contribution in [3.8, 4) is 5.75 Å². The third kappa shape index (κ3) is 5.10. The van der Waals surface area contributed by atoms with Gasteiger partial charge < -0.3 is 5.11 Å². The molecule has 2 aromatic rings. The molecule has 0 aliphatic heterocycles. The van der Waals surface area contributed by atoms with E-state index in [1.807, 2.05) is 30.3 Å². The molecule has 4 nitrogen and oxygen atoms in total. The molecule has 0 saturated carbocycles. The van der Waals surface area contributed by atoms with Gasteiger partial charge >= 0.3 is 0 Å². The molecule has 2 N–H and O–H groups in total. The Kier molecular flexibility index (Phi) is 5.52. The van der Waals surface area contributed by atoms with Gasteiger partial charge in [-0.2, -0.15) is 5.10 Å². The highest BCUT2D eigenvalue weighted by Gasteiger charge is 2.00. The molecule has 4 heteroatoms. The van der Waals surface area contributed by atoms with Gasteiger partial charge in [0.05, 0.1) is 6.21 Å². The second-order valence-electron chi connectivity index (χ2n) is 4.69. The number of hydrogen-bond donors (Lipinski definition) is 2. The second-order valence-corrected chi connectivity index (χ2v) is 4.69. The van der Waals surface area contributed by atoms with Gasteiger partial charge in [0.25, 0.3) is 0 Å². The number of rotatable bonds is 6. The van der Waals surface area contributed by atoms with Gasteiger partial charge in [-0.15, -0.1) is 0 Å². The second kappa shape index (κ2) is 7.85. The molecule has 0 fully saturated rings. The maximum Gasteiger partial charge on any atom is 0.240 e. The highest BCUT2D eigenvalue weighted by Crippen LogP contribution is 2.12. The lowest BCUT2D eigenvalue weighted by Gasteiger charge is -2.01. The maximum absolute atomic E-state index is 11.6. The summed E-state index contributed by atoms with van der Waals surface area (Å²) in [7, 11) is 0. The molecular formula is C17H18N2O2. The van der Waals surface area contributed by atoms with E-state index in [1.165, 1.54) is 11.8 Å². The average Bonchev–Trinajstić information content (AvgIpc) is 2.50. The molecule has 1 amide bonds. The number of para-hydroxylation sites is 1. The zero-order valence-corrected chi connectivity index (χ0v) is 11.7. The number of carbonyl (C=O) groups excluding carboxylic acids is 1. The normalized spacial score (nSPS) is 10.7. The van der Waals surface area contributed by atoms with Crippen LogP contribution in [0.2, 0.25) is 0 Å². The summed E-state index contributed by atoms with van der Waals surface area (Å²) in [6.07, 6.45) is 3.51. The summed E-state index contributed by atoms with van der Waals surface area (Å²) in [4.78, 5) is 11.6. The topological polar surface area (TPSA) is 61.7 Å². The van der Waals surface area contributed by atoms with E-state index in [4.69, 9.17) is 0 Å². The largest absolute Gasteiger partial charge is 0.507 e. The number of aromatic hydroxyl groups is 1. The molecule has 0 heterocycles. The molecule has 108 valence electrons. The predicted molar refractivity (Wildman–Crippen MR) is 83.2 cm³/mol. The number of hydrogen-bond acceptors (Lipinski definition) is 3. The summed E-state index contributed by atoms with van der Waals surface area (Å²) < 4.78 is 0. The van der Waals surface area contributed by atoms with Gasteiger partial charge in [-0.1, -0.05) is 42.5 Å². The van der Waals surface area contributed by atoms with E-state index in [1.54, 1.807) is 24.3 Å². The Bertz CT molecular complexity index is 609. The van der Waals surface area contributed by atoms with E-state index in [0.29, 0.717) is 12.0 Å². The van der Waals surface area contributed by atoms with E-state index in [2.05, 4.69) is 10.5 Å². The van der Waals surface area contributed by atoms with E-state index in [9.17, 15) is 9.90 Å².